The third-order valence-corrected chi connectivity index (χ3v) is 3.18. The SMILES string of the molecule is C=C1Sc2cc(Cl)ccc2N1C. The normalized spacial score (nSPS) is 15.2. The number of hydrogen-bond acceptors (Lipinski definition) is 2. The van der Waals surface area contributed by atoms with Gasteiger partial charge in [0.05, 0.1) is 10.7 Å². The first-order valence-electron chi connectivity index (χ1n) is 3.58. The summed E-state index contributed by atoms with van der Waals surface area (Å²) in [5.41, 5.74) is 1.19. The van der Waals surface area contributed by atoms with Crippen LogP contribution in [0.4, 0.5) is 5.69 Å². The Morgan fingerprint density at radius 2 is 2.25 bits per heavy atom. The summed E-state index contributed by atoms with van der Waals surface area (Å²) in [5, 5.41) is 1.83. The average Bonchev–Trinajstić information content (AvgIpc) is 2.28. The van der Waals surface area contributed by atoms with E-state index in [1.165, 1.54) is 10.6 Å². The Kier molecular flexibility index (Phi) is 1.81. The van der Waals surface area contributed by atoms with E-state index in [9.17, 15) is 0 Å². The highest BCUT2D eigenvalue weighted by Crippen LogP contribution is 2.44. The van der Waals surface area contributed by atoms with Gasteiger partial charge in [-0.05, 0) is 18.2 Å². The second-order valence-corrected chi connectivity index (χ2v) is 4.22. The van der Waals surface area contributed by atoms with Crippen LogP contribution >= 0.6 is 23.4 Å². The summed E-state index contributed by atoms with van der Waals surface area (Å²) >= 11 is 7.52. The van der Waals surface area contributed by atoms with Gasteiger partial charge in [0.25, 0.3) is 0 Å². The fourth-order valence-electron chi connectivity index (χ4n) is 1.18. The molecule has 0 atom stereocenters. The minimum atomic E-state index is 0.782. The van der Waals surface area contributed by atoms with E-state index < -0.39 is 0 Å². The molecule has 0 saturated carbocycles. The van der Waals surface area contributed by atoms with E-state index in [0.29, 0.717) is 0 Å². The molecule has 1 heterocycles. The zero-order valence-corrected chi connectivity index (χ0v) is 8.25. The van der Waals surface area contributed by atoms with Crippen molar-refractivity contribution in [2.75, 3.05) is 11.9 Å². The molecule has 3 heteroatoms. The Bertz CT molecular complexity index is 348. The molecule has 0 N–H and O–H groups in total. The monoisotopic (exact) mass is 197 g/mol. The molecule has 0 bridgehead atoms. The highest BCUT2D eigenvalue weighted by atomic mass is 35.5. The van der Waals surface area contributed by atoms with Gasteiger partial charge >= 0.3 is 0 Å². The van der Waals surface area contributed by atoms with Crippen LogP contribution in [-0.4, -0.2) is 7.05 Å². The molecule has 1 nitrogen and oxygen atoms in total. The van der Waals surface area contributed by atoms with Gasteiger partial charge in [-0.25, -0.2) is 0 Å². The summed E-state index contributed by atoms with van der Waals surface area (Å²) in [6, 6.07) is 5.88. The van der Waals surface area contributed by atoms with E-state index in [-0.39, 0.29) is 0 Å². The highest BCUT2D eigenvalue weighted by Gasteiger charge is 2.19. The van der Waals surface area contributed by atoms with Crippen LogP contribution in [0.15, 0.2) is 34.7 Å². The molecule has 0 fully saturated rings. The summed E-state index contributed by atoms with van der Waals surface area (Å²) in [6.07, 6.45) is 0. The predicted molar refractivity (Wildman–Crippen MR) is 54.9 cm³/mol. The van der Waals surface area contributed by atoms with Gasteiger partial charge < -0.3 is 4.90 Å². The standard InChI is InChI=1S/C9H8ClNS/c1-6-11(2)8-4-3-7(10)5-9(8)12-6/h3-5H,1H2,2H3. The summed E-state index contributed by atoms with van der Waals surface area (Å²) < 4.78 is 0. The molecule has 0 aromatic heterocycles. The van der Waals surface area contributed by atoms with Gasteiger partial charge in [-0.1, -0.05) is 29.9 Å². The third-order valence-electron chi connectivity index (χ3n) is 1.89. The molecule has 62 valence electrons. The molecular formula is C9H8ClNS. The van der Waals surface area contributed by atoms with Crippen LogP contribution in [-0.2, 0) is 0 Å². The molecule has 0 saturated heterocycles. The fraction of sp³-hybridized carbons (Fsp3) is 0.111. The van der Waals surface area contributed by atoms with Gasteiger partial charge in [0.15, 0.2) is 0 Å². The molecule has 1 aromatic carbocycles. The van der Waals surface area contributed by atoms with Gasteiger partial charge in [0, 0.05) is 17.0 Å². The van der Waals surface area contributed by atoms with Crippen molar-refractivity contribution in [2.24, 2.45) is 0 Å². The number of fused-ring (bicyclic) bond motifs is 1. The number of thioether (sulfide) groups is 1. The molecule has 0 spiro atoms. The van der Waals surface area contributed by atoms with Crippen LogP contribution in [0.2, 0.25) is 5.02 Å². The number of halogens is 1. The maximum atomic E-state index is 5.86. The lowest BCUT2D eigenvalue weighted by molar-refractivity contribution is 1.18. The van der Waals surface area contributed by atoms with Crippen molar-refractivity contribution in [1.29, 1.82) is 0 Å². The van der Waals surface area contributed by atoms with Crippen molar-refractivity contribution in [3.63, 3.8) is 0 Å². The van der Waals surface area contributed by atoms with Crippen LogP contribution < -0.4 is 4.90 Å². The third kappa shape index (κ3) is 1.11. The topological polar surface area (TPSA) is 3.24 Å². The van der Waals surface area contributed by atoms with E-state index in [1.807, 2.05) is 25.2 Å². The van der Waals surface area contributed by atoms with E-state index in [2.05, 4.69) is 11.5 Å². The Morgan fingerprint density at radius 1 is 1.50 bits per heavy atom. The molecule has 2 rings (SSSR count). The predicted octanol–water partition coefficient (Wildman–Crippen LogP) is 3.35. The fourth-order valence-corrected chi connectivity index (χ4v) is 2.40. The first-order chi connectivity index (χ1) is 5.68. The lowest BCUT2D eigenvalue weighted by Gasteiger charge is -2.11. The summed E-state index contributed by atoms with van der Waals surface area (Å²) in [5.74, 6) is 0. The number of benzene rings is 1. The molecular weight excluding hydrogens is 190 g/mol. The van der Waals surface area contributed by atoms with E-state index in [4.69, 9.17) is 11.6 Å². The molecule has 0 amide bonds. The van der Waals surface area contributed by atoms with Crippen LogP contribution in [0.5, 0.6) is 0 Å². The van der Waals surface area contributed by atoms with Crippen molar-refractivity contribution in [3.8, 4) is 0 Å². The first-order valence-corrected chi connectivity index (χ1v) is 4.78. The van der Waals surface area contributed by atoms with Crippen LogP contribution in [0.1, 0.15) is 0 Å². The lowest BCUT2D eigenvalue weighted by Crippen LogP contribution is -2.07. The second-order valence-electron chi connectivity index (χ2n) is 2.67. The zero-order valence-electron chi connectivity index (χ0n) is 6.67. The summed E-state index contributed by atoms with van der Waals surface area (Å²) in [4.78, 5) is 3.26. The van der Waals surface area contributed by atoms with Crippen LogP contribution in [0, 0.1) is 0 Å². The summed E-state index contributed by atoms with van der Waals surface area (Å²) in [7, 11) is 2.01. The molecule has 1 aliphatic heterocycles. The van der Waals surface area contributed by atoms with Crippen molar-refractivity contribution < 1.29 is 0 Å². The molecule has 0 radical (unpaired) electrons. The molecule has 0 unspecified atom stereocenters. The maximum Gasteiger partial charge on any atom is 0.0725 e. The highest BCUT2D eigenvalue weighted by molar-refractivity contribution is 8.03. The number of nitrogens with zero attached hydrogens (tertiary/aromatic N) is 1. The smallest absolute Gasteiger partial charge is 0.0725 e. The van der Waals surface area contributed by atoms with Crippen LogP contribution in [0.3, 0.4) is 0 Å². The average molecular weight is 198 g/mol. The van der Waals surface area contributed by atoms with E-state index >= 15 is 0 Å². The maximum absolute atomic E-state index is 5.86. The van der Waals surface area contributed by atoms with Gasteiger partial charge in [-0.2, -0.15) is 0 Å². The van der Waals surface area contributed by atoms with Crippen molar-refractivity contribution in [3.05, 3.63) is 34.8 Å². The Balaban J connectivity index is 2.54. The Morgan fingerprint density at radius 3 is 3.00 bits per heavy atom. The van der Waals surface area contributed by atoms with E-state index in [0.717, 1.165) is 10.1 Å². The van der Waals surface area contributed by atoms with Gasteiger partial charge in [-0.3, -0.25) is 0 Å². The van der Waals surface area contributed by atoms with Crippen molar-refractivity contribution in [1.82, 2.24) is 0 Å². The minimum Gasteiger partial charge on any atom is -0.339 e. The second kappa shape index (κ2) is 2.71. The number of hydrogen-bond donors (Lipinski definition) is 0. The quantitative estimate of drug-likeness (QED) is 0.628. The molecule has 0 aliphatic carbocycles. The van der Waals surface area contributed by atoms with Gasteiger partial charge in [-0.15, -0.1) is 0 Å². The van der Waals surface area contributed by atoms with Gasteiger partial charge in [0.2, 0.25) is 0 Å². The summed E-state index contributed by atoms with van der Waals surface area (Å²) in [6.45, 7) is 3.93. The molecule has 1 aromatic rings. The Hall–Kier alpha value is -0.600. The Labute approximate surface area is 81.0 Å². The van der Waals surface area contributed by atoms with E-state index in [1.54, 1.807) is 11.8 Å². The number of rotatable bonds is 0. The van der Waals surface area contributed by atoms with Crippen LogP contribution in [0.25, 0.3) is 0 Å². The van der Waals surface area contributed by atoms with Crippen molar-refractivity contribution >= 4 is 29.1 Å². The van der Waals surface area contributed by atoms with Crippen molar-refractivity contribution in [2.45, 2.75) is 4.90 Å². The molecule has 1 aliphatic rings. The first kappa shape index (κ1) is 8.02. The van der Waals surface area contributed by atoms with Gasteiger partial charge in [0.1, 0.15) is 0 Å². The minimum absolute atomic E-state index is 0.782. The largest absolute Gasteiger partial charge is 0.339 e. The molecule has 12 heavy (non-hydrogen) atoms. The zero-order chi connectivity index (χ0) is 8.72. The number of anilines is 1. The lowest BCUT2D eigenvalue weighted by atomic mass is 10.3.